The SMILES string of the molecule is O=[N+]([O-])c1ccc(CNCCCCO)c(Cl)c1. The molecule has 0 saturated heterocycles. The molecule has 0 fully saturated rings. The van der Waals surface area contributed by atoms with E-state index < -0.39 is 4.92 Å². The van der Waals surface area contributed by atoms with E-state index >= 15 is 0 Å². The molecule has 0 amide bonds. The highest BCUT2D eigenvalue weighted by atomic mass is 35.5. The molecule has 1 aromatic rings. The van der Waals surface area contributed by atoms with Gasteiger partial charge in [0.25, 0.3) is 5.69 Å². The quantitative estimate of drug-likeness (QED) is 0.446. The van der Waals surface area contributed by atoms with Gasteiger partial charge in [-0.2, -0.15) is 0 Å². The number of rotatable bonds is 7. The van der Waals surface area contributed by atoms with Gasteiger partial charge in [0.15, 0.2) is 0 Å². The van der Waals surface area contributed by atoms with Crippen LogP contribution in [-0.2, 0) is 6.54 Å². The molecule has 6 heteroatoms. The summed E-state index contributed by atoms with van der Waals surface area (Å²) in [5, 5.41) is 22.7. The van der Waals surface area contributed by atoms with Crippen molar-refractivity contribution in [2.75, 3.05) is 13.2 Å². The number of nitrogens with one attached hydrogen (secondary N) is 1. The van der Waals surface area contributed by atoms with Crippen LogP contribution in [0.2, 0.25) is 5.02 Å². The molecule has 1 rings (SSSR count). The largest absolute Gasteiger partial charge is 0.396 e. The molecular formula is C11H15ClN2O3. The Morgan fingerprint density at radius 2 is 2.18 bits per heavy atom. The van der Waals surface area contributed by atoms with E-state index in [9.17, 15) is 10.1 Å². The molecule has 0 aliphatic rings. The average molecular weight is 259 g/mol. The van der Waals surface area contributed by atoms with Gasteiger partial charge >= 0.3 is 0 Å². The Balaban J connectivity index is 2.46. The van der Waals surface area contributed by atoms with Crippen LogP contribution in [0.15, 0.2) is 18.2 Å². The molecular weight excluding hydrogens is 244 g/mol. The van der Waals surface area contributed by atoms with Gasteiger partial charge in [0.05, 0.1) is 9.95 Å². The standard InChI is InChI=1S/C11H15ClN2O3/c12-11-7-10(14(16)17)4-3-9(11)8-13-5-1-2-6-15/h3-4,7,13,15H,1-2,5-6,8H2. The third kappa shape index (κ3) is 4.68. The van der Waals surface area contributed by atoms with Crippen LogP contribution in [0.1, 0.15) is 18.4 Å². The molecule has 94 valence electrons. The summed E-state index contributed by atoms with van der Waals surface area (Å²) in [6.45, 7) is 1.55. The van der Waals surface area contributed by atoms with E-state index in [0.29, 0.717) is 11.6 Å². The fourth-order valence-corrected chi connectivity index (χ4v) is 1.62. The molecule has 0 heterocycles. The molecule has 0 spiro atoms. The number of halogens is 1. The fourth-order valence-electron chi connectivity index (χ4n) is 1.38. The van der Waals surface area contributed by atoms with Crippen LogP contribution in [0.3, 0.4) is 0 Å². The van der Waals surface area contributed by atoms with Crippen molar-refractivity contribution in [2.24, 2.45) is 0 Å². The molecule has 0 aromatic heterocycles. The van der Waals surface area contributed by atoms with Gasteiger partial charge in [-0.15, -0.1) is 0 Å². The van der Waals surface area contributed by atoms with E-state index in [2.05, 4.69) is 5.32 Å². The lowest BCUT2D eigenvalue weighted by Gasteiger charge is -2.06. The first-order valence-electron chi connectivity index (χ1n) is 5.39. The van der Waals surface area contributed by atoms with Crippen molar-refractivity contribution in [3.63, 3.8) is 0 Å². The Labute approximate surface area is 105 Å². The van der Waals surface area contributed by atoms with Gasteiger partial charge in [-0.1, -0.05) is 11.6 Å². The van der Waals surface area contributed by atoms with Crippen LogP contribution < -0.4 is 5.32 Å². The molecule has 5 nitrogen and oxygen atoms in total. The molecule has 17 heavy (non-hydrogen) atoms. The average Bonchev–Trinajstić information content (AvgIpc) is 2.30. The van der Waals surface area contributed by atoms with Crippen molar-refractivity contribution in [3.8, 4) is 0 Å². The van der Waals surface area contributed by atoms with Crippen LogP contribution in [0, 0.1) is 10.1 Å². The van der Waals surface area contributed by atoms with Crippen molar-refractivity contribution >= 4 is 17.3 Å². The highest BCUT2D eigenvalue weighted by Crippen LogP contribution is 2.22. The Hall–Kier alpha value is -1.17. The monoisotopic (exact) mass is 258 g/mol. The van der Waals surface area contributed by atoms with Crippen LogP contribution in [0.5, 0.6) is 0 Å². The second-order valence-corrected chi connectivity index (χ2v) is 4.05. The Morgan fingerprint density at radius 1 is 1.41 bits per heavy atom. The normalized spacial score (nSPS) is 10.5. The number of aliphatic hydroxyl groups is 1. The minimum Gasteiger partial charge on any atom is -0.396 e. The molecule has 0 bridgehead atoms. The minimum absolute atomic E-state index is 0.000898. The maximum Gasteiger partial charge on any atom is 0.270 e. The predicted octanol–water partition coefficient (Wildman–Crippen LogP) is 2.11. The number of nitro benzene ring substituents is 1. The predicted molar refractivity (Wildman–Crippen MR) is 66.1 cm³/mol. The van der Waals surface area contributed by atoms with Gasteiger partial charge in [-0.25, -0.2) is 0 Å². The summed E-state index contributed by atoms with van der Waals surface area (Å²) in [6, 6.07) is 4.45. The Morgan fingerprint density at radius 3 is 2.76 bits per heavy atom. The Bertz CT molecular complexity index is 385. The van der Waals surface area contributed by atoms with E-state index in [0.717, 1.165) is 24.9 Å². The molecule has 0 aliphatic heterocycles. The van der Waals surface area contributed by atoms with E-state index in [4.69, 9.17) is 16.7 Å². The summed E-state index contributed by atoms with van der Waals surface area (Å²) in [5.74, 6) is 0. The lowest BCUT2D eigenvalue weighted by Crippen LogP contribution is -2.15. The number of hydrogen-bond acceptors (Lipinski definition) is 4. The van der Waals surface area contributed by atoms with Crippen molar-refractivity contribution in [1.29, 1.82) is 0 Å². The first-order valence-corrected chi connectivity index (χ1v) is 5.77. The zero-order valence-corrected chi connectivity index (χ0v) is 10.1. The van der Waals surface area contributed by atoms with Crippen LogP contribution >= 0.6 is 11.6 Å². The second-order valence-electron chi connectivity index (χ2n) is 3.64. The van der Waals surface area contributed by atoms with Crippen LogP contribution in [-0.4, -0.2) is 23.2 Å². The van der Waals surface area contributed by atoms with E-state index in [1.165, 1.54) is 12.1 Å². The zero-order chi connectivity index (χ0) is 12.7. The maximum absolute atomic E-state index is 10.5. The second kappa shape index (κ2) is 7.21. The van der Waals surface area contributed by atoms with Crippen molar-refractivity contribution in [3.05, 3.63) is 38.9 Å². The molecule has 0 aliphatic carbocycles. The fraction of sp³-hybridized carbons (Fsp3) is 0.455. The topological polar surface area (TPSA) is 75.4 Å². The molecule has 0 atom stereocenters. The molecule has 0 radical (unpaired) electrons. The van der Waals surface area contributed by atoms with Crippen molar-refractivity contribution in [1.82, 2.24) is 5.32 Å². The molecule has 0 unspecified atom stereocenters. The van der Waals surface area contributed by atoms with Gasteiger partial charge in [0, 0.05) is 25.3 Å². The lowest BCUT2D eigenvalue weighted by atomic mass is 10.2. The smallest absolute Gasteiger partial charge is 0.270 e. The third-order valence-corrected chi connectivity index (χ3v) is 2.68. The van der Waals surface area contributed by atoms with Crippen LogP contribution in [0.25, 0.3) is 0 Å². The van der Waals surface area contributed by atoms with Gasteiger partial charge in [-0.05, 0) is 31.0 Å². The maximum atomic E-state index is 10.5. The number of unbranched alkanes of at least 4 members (excludes halogenated alkanes) is 1. The third-order valence-electron chi connectivity index (χ3n) is 2.32. The summed E-state index contributed by atoms with van der Waals surface area (Å²) >= 11 is 5.93. The van der Waals surface area contributed by atoms with Crippen molar-refractivity contribution in [2.45, 2.75) is 19.4 Å². The Kier molecular flexibility index (Phi) is 5.90. The van der Waals surface area contributed by atoms with Gasteiger partial charge in [0.2, 0.25) is 0 Å². The highest BCUT2D eigenvalue weighted by Gasteiger charge is 2.08. The number of hydrogen-bond donors (Lipinski definition) is 2. The number of non-ortho nitro benzene ring substituents is 1. The lowest BCUT2D eigenvalue weighted by molar-refractivity contribution is -0.384. The summed E-state index contributed by atoms with van der Waals surface area (Å²) in [6.07, 6.45) is 1.65. The summed E-state index contributed by atoms with van der Waals surface area (Å²) in [7, 11) is 0. The number of nitrogens with zero attached hydrogens (tertiary/aromatic N) is 1. The summed E-state index contributed by atoms with van der Waals surface area (Å²) in [5.41, 5.74) is 0.834. The summed E-state index contributed by atoms with van der Waals surface area (Å²) in [4.78, 5) is 10.0. The van der Waals surface area contributed by atoms with Gasteiger partial charge in [-0.3, -0.25) is 10.1 Å². The van der Waals surface area contributed by atoms with Gasteiger partial charge < -0.3 is 10.4 Å². The number of aliphatic hydroxyl groups excluding tert-OH is 1. The molecule has 2 N–H and O–H groups in total. The number of benzene rings is 1. The van der Waals surface area contributed by atoms with Crippen molar-refractivity contribution < 1.29 is 10.0 Å². The van der Waals surface area contributed by atoms with Gasteiger partial charge in [0.1, 0.15) is 0 Å². The van der Waals surface area contributed by atoms with E-state index in [-0.39, 0.29) is 12.3 Å². The highest BCUT2D eigenvalue weighted by molar-refractivity contribution is 6.31. The van der Waals surface area contributed by atoms with E-state index in [1.54, 1.807) is 6.07 Å². The molecule has 1 aromatic carbocycles. The molecule has 0 saturated carbocycles. The first-order chi connectivity index (χ1) is 8.15. The van der Waals surface area contributed by atoms with E-state index in [1.807, 2.05) is 0 Å². The minimum atomic E-state index is -0.468. The van der Waals surface area contributed by atoms with Crippen LogP contribution in [0.4, 0.5) is 5.69 Å². The number of nitro groups is 1. The zero-order valence-electron chi connectivity index (χ0n) is 9.36. The summed E-state index contributed by atoms with van der Waals surface area (Å²) < 4.78 is 0. The first kappa shape index (κ1) is 13.9.